The van der Waals surface area contributed by atoms with Gasteiger partial charge in [-0.3, -0.25) is 0 Å². The molecule has 2 rings (SSSR count). The molecule has 0 aliphatic rings. The molecule has 0 aliphatic heterocycles. The van der Waals surface area contributed by atoms with Crippen LogP contribution in [-0.4, -0.2) is 12.2 Å². The summed E-state index contributed by atoms with van der Waals surface area (Å²) in [6, 6.07) is 8.74. The molecule has 6 heteroatoms. The van der Waals surface area contributed by atoms with Crippen molar-refractivity contribution in [2.24, 2.45) is 0 Å². The minimum atomic E-state index is -4.76. The van der Waals surface area contributed by atoms with Crippen molar-refractivity contribution in [2.75, 3.05) is 7.11 Å². The van der Waals surface area contributed by atoms with E-state index in [1.807, 2.05) is 0 Å². The summed E-state index contributed by atoms with van der Waals surface area (Å²) < 4.78 is 56.0. The highest BCUT2D eigenvalue weighted by Gasteiger charge is 2.34. The number of hydrogen-bond donors (Lipinski definition) is 1. The first-order chi connectivity index (χ1) is 9.82. The highest BCUT2D eigenvalue weighted by molar-refractivity contribution is 5.37. The van der Waals surface area contributed by atoms with Gasteiger partial charge in [-0.25, -0.2) is 4.39 Å². The molecule has 0 spiro atoms. The summed E-state index contributed by atoms with van der Waals surface area (Å²) >= 11 is 0. The van der Waals surface area contributed by atoms with E-state index in [0.29, 0.717) is 23.4 Å². The van der Waals surface area contributed by atoms with Gasteiger partial charge in [-0.05, 0) is 35.4 Å². The first kappa shape index (κ1) is 15.3. The van der Waals surface area contributed by atoms with E-state index in [1.165, 1.54) is 13.2 Å². The topological polar surface area (TPSA) is 29.5 Å². The molecule has 0 bridgehead atoms. The van der Waals surface area contributed by atoms with Crippen molar-refractivity contribution in [3.8, 4) is 5.75 Å². The lowest BCUT2D eigenvalue weighted by molar-refractivity contribution is -0.140. The molecule has 0 fully saturated rings. The quantitative estimate of drug-likeness (QED) is 0.870. The van der Waals surface area contributed by atoms with Crippen LogP contribution < -0.4 is 4.74 Å². The average molecular weight is 300 g/mol. The van der Waals surface area contributed by atoms with E-state index in [0.717, 1.165) is 6.07 Å². The molecule has 21 heavy (non-hydrogen) atoms. The number of hydrogen-bond acceptors (Lipinski definition) is 2. The number of aliphatic hydroxyl groups excluding tert-OH is 1. The molecule has 0 amide bonds. The van der Waals surface area contributed by atoms with Crippen LogP contribution in [-0.2, 0) is 6.18 Å². The summed E-state index contributed by atoms with van der Waals surface area (Å²) in [6.45, 7) is 0. The van der Waals surface area contributed by atoms with Crippen LogP contribution >= 0.6 is 0 Å². The van der Waals surface area contributed by atoms with E-state index in [2.05, 4.69) is 0 Å². The Hall–Kier alpha value is -2.08. The fourth-order valence-corrected chi connectivity index (χ4v) is 1.94. The van der Waals surface area contributed by atoms with Crippen LogP contribution in [0.4, 0.5) is 17.6 Å². The van der Waals surface area contributed by atoms with E-state index >= 15 is 0 Å². The van der Waals surface area contributed by atoms with Gasteiger partial charge < -0.3 is 9.84 Å². The van der Waals surface area contributed by atoms with Crippen LogP contribution in [0.2, 0.25) is 0 Å². The second-order valence-electron chi connectivity index (χ2n) is 4.42. The third-order valence-electron chi connectivity index (χ3n) is 3.02. The van der Waals surface area contributed by atoms with Crippen molar-refractivity contribution < 1.29 is 27.4 Å². The molecular weight excluding hydrogens is 288 g/mol. The maximum atomic E-state index is 13.5. The second kappa shape index (κ2) is 5.73. The van der Waals surface area contributed by atoms with Crippen LogP contribution in [0.25, 0.3) is 0 Å². The van der Waals surface area contributed by atoms with Gasteiger partial charge in [0.05, 0.1) is 12.7 Å². The van der Waals surface area contributed by atoms with E-state index in [1.54, 1.807) is 18.2 Å². The van der Waals surface area contributed by atoms with Crippen molar-refractivity contribution in [3.05, 3.63) is 65.0 Å². The minimum Gasteiger partial charge on any atom is -0.497 e. The number of halogens is 4. The number of aliphatic hydroxyl groups is 1. The Morgan fingerprint density at radius 2 is 1.71 bits per heavy atom. The van der Waals surface area contributed by atoms with E-state index in [9.17, 15) is 22.7 Å². The summed E-state index contributed by atoms with van der Waals surface area (Å²) in [4.78, 5) is 0. The van der Waals surface area contributed by atoms with Crippen LogP contribution in [0.1, 0.15) is 22.8 Å². The van der Waals surface area contributed by atoms with Gasteiger partial charge in [0.1, 0.15) is 17.7 Å². The molecule has 2 nitrogen and oxygen atoms in total. The predicted molar refractivity (Wildman–Crippen MR) is 68.5 cm³/mol. The van der Waals surface area contributed by atoms with Gasteiger partial charge in [0, 0.05) is 0 Å². The summed E-state index contributed by atoms with van der Waals surface area (Å²) in [7, 11) is 1.45. The molecule has 1 atom stereocenters. The highest BCUT2D eigenvalue weighted by atomic mass is 19.4. The lowest BCUT2D eigenvalue weighted by atomic mass is 9.99. The molecule has 2 aromatic carbocycles. The summed E-state index contributed by atoms with van der Waals surface area (Å²) in [5.74, 6) is -0.930. The lowest BCUT2D eigenvalue weighted by Gasteiger charge is -2.14. The van der Waals surface area contributed by atoms with Crippen molar-refractivity contribution in [2.45, 2.75) is 12.3 Å². The zero-order valence-corrected chi connectivity index (χ0v) is 11.0. The van der Waals surface area contributed by atoms with E-state index < -0.39 is 23.7 Å². The predicted octanol–water partition coefficient (Wildman–Crippen LogP) is 3.93. The number of ether oxygens (including phenoxy) is 1. The van der Waals surface area contributed by atoms with Crippen LogP contribution in [0, 0.1) is 5.82 Å². The maximum Gasteiger partial charge on any atom is 0.419 e. The number of alkyl halides is 3. The van der Waals surface area contributed by atoms with Gasteiger partial charge in [0.15, 0.2) is 0 Å². The van der Waals surface area contributed by atoms with Gasteiger partial charge in [0.2, 0.25) is 0 Å². The molecule has 2 aromatic rings. The molecule has 0 saturated carbocycles. The van der Waals surface area contributed by atoms with Gasteiger partial charge in [-0.2, -0.15) is 13.2 Å². The number of benzene rings is 2. The smallest absolute Gasteiger partial charge is 0.419 e. The summed E-state index contributed by atoms with van der Waals surface area (Å²) in [5, 5.41) is 10.1. The van der Waals surface area contributed by atoms with Crippen molar-refractivity contribution in [1.82, 2.24) is 0 Å². The molecule has 112 valence electrons. The zero-order chi connectivity index (χ0) is 15.6. The van der Waals surface area contributed by atoms with Gasteiger partial charge in [0.25, 0.3) is 0 Å². The Balaban J connectivity index is 2.35. The molecule has 0 radical (unpaired) electrons. The van der Waals surface area contributed by atoms with Crippen LogP contribution in [0.3, 0.4) is 0 Å². The highest BCUT2D eigenvalue weighted by Crippen LogP contribution is 2.33. The van der Waals surface area contributed by atoms with Gasteiger partial charge in [-0.1, -0.05) is 18.2 Å². The fraction of sp³-hybridized carbons (Fsp3) is 0.200. The van der Waals surface area contributed by atoms with E-state index in [4.69, 9.17) is 4.74 Å². The molecule has 0 saturated heterocycles. The summed E-state index contributed by atoms with van der Waals surface area (Å²) in [5.41, 5.74) is -0.925. The molecule has 0 aromatic heterocycles. The molecular formula is C15H12F4O2. The first-order valence-electron chi connectivity index (χ1n) is 6.01. The zero-order valence-electron chi connectivity index (χ0n) is 11.0. The molecule has 1 unspecified atom stereocenters. The minimum absolute atomic E-state index is 0.0359. The van der Waals surface area contributed by atoms with Crippen molar-refractivity contribution in [1.29, 1.82) is 0 Å². The van der Waals surface area contributed by atoms with Crippen LogP contribution in [0.5, 0.6) is 5.75 Å². The Morgan fingerprint density at radius 3 is 2.29 bits per heavy atom. The molecule has 0 aliphatic carbocycles. The normalized spacial score (nSPS) is 13.0. The Morgan fingerprint density at radius 1 is 1.05 bits per heavy atom. The summed E-state index contributed by atoms with van der Waals surface area (Å²) in [6.07, 6.45) is -6.00. The number of rotatable bonds is 3. The Kier molecular flexibility index (Phi) is 4.18. The van der Waals surface area contributed by atoms with E-state index in [-0.39, 0.29) is 5.56 Å². The fourth-order valence-electron chi connectivity index (χ4n) is 1.94. The third-order valence-corrected chi connectivity index (χ3v) is 3.02. The Bertz CT molecular complexity index is 638. The monoisotopic (exact) mass is 300 g/mol. The third kappa shape index (κ3) is 3.33. The standard InChI is InChI=1S/C15H12F4O2/c1-21-11-4-2-3-9(7-11)14(20)10-5-6-12(13(16)8-10)15(17,18)19/h2-8,14,20H,1H3. The number of methoxy groups -OCH3 is 1. The molecule has 0 heterocycles. The molecule has 1 N–H and O–H groups in total. The van der Waals surface area contributed by atoms with Crippen molar-refractivity contribution in [3.63, 3.8) is 0 Å². The average Bonchev–Trinajstić information content (AvgIpc) is 2.45. The Labute approximate surface area is 118 Å². The first-order valence-corrected chi connectivity index (χ1v) is 6.01. The largest absolute Gasteiger partial charge is 0.497 e. The second-order valence-corrected chi connectivity index (χ2v) is 4.42. The van der Waals surface area contributed by atoms with Gasteiger partial charge in [-0.15, -0.1) is 0 Å². The van der Waals surface area contributed by atoms with Crippen LogP contribution in [0.15, 0.2) is 42.5 Å². The maximum absolute atomic E-state index is 13.5. The van der Waals surface area contributed by atoms with Crippen molar-refractivity contribution >= 4 is 0 Å². The van der Waals surface area contributed by atoms with Gasteiger partial charge >= 0.3 is 6.18 Å². The SMILES string of the molecule is COc1cccc(C(O)c2ccc(C(F)(F)F)c(F)c2)c1. The lowest BCUT2D eigenvalue weighted by Crippen LogP contribution is -2.09.